The van der Waals surface area contributed by atoms with E-state index in [-0.39, 0.29) is 17.9 Å². The van der Waals surface area contributed by atoms with Crippen molar-refractivity contribution in [1.82, 2.24) is 5.32 Å². The van der Waals surface area contributed by atoms with Crippen LogP contribution in [0.25, 0.3) is 0 Å². The molecule has 7 nitrogen and oxygen atoms in total. The summed E-state index contributed by atoms with van der Waals surface area (Å²) < 4.78 is 30.3. The van der Waals surface area contributed by atoms with Gasteiger partial charge in [0.15, 0.2) is 0 Å². The Balaban J connectivity index is 2.63. The van der Waals surface area contributed by atoms with Crippen LogP contribution in [0.5, 0.6) is 0 Å². The van der Waals surface area contributed by atoms with Gasteiger partial charge < -0.3 is 14.8 Å². The van der Waals surface area contributed by atoms with Gasteiger partial charge >= 0.3 is 12.1 Å². The SMILES string of the molecule is COC(=O)[C@H](CCS(=N)(=O)CCc1ccc(Cl)cc1)NC(=O)OC(C)(C)C. The van der Waals surface area contributed by atoms with Gasteiger partial charge in [0.1, 0.15) is 11.6 Å². The highest BCUT2D eigenvalue weighted by atomic mass is 35.5. The Morgan fingerprint density at radius 1 is 1.22 bits per heavy atom. The summed E-state index contributed by atoms with van der Waals surface area (Å²) in [6.07, 6.45) is -0.285. The van der Waals surface area contributed by atoms with Gasteiger partial charge in [0.2, 0.25) is 0 Å². The molecule has 0 fully saturated rings. The maximum atomic E-state index is 12.5. The lowest BCUT2D eigenvalue weighted by molar-refractivity contribution is -0.143. The number of methoxy groups -OCH3 is 1. The summed E-state index contributed by atoms with van der Waals surface area (Å²) in [7, 11) is -1.73. The number of halogens is 1. The van der Waals surface area contributed by atoms with Crippen LogP contribution in [0, 0.1) is 4.78 Å². The lowest BCUT2D eigenvalue weighted by atomic mass is 10.2. The number of rotatable bonds is 8. The number of nitrogens with one attached hydrogen (secondary N) is 2. The second kappa shape index (κ2) is 9.94. The first-order chi connectivity index (χ1) is 12.4. The highest BCUT2D eigenvalue weighted by Crippen LogP contribution is 2.12. The molecule has 2 atom stereocenters. The third-order valence-electron chi connectivity index (χ3n) is 3.55. The molecule has 152 valence electrons. The summed E-state index contributed by atoms with van der Waals surface area (Å²) in [5.74, 6) is -0.570. The van der Waals surface area contributed by atoms with Gasteiger partial charge in [0.05, 0.1) is 7.11 Å². The van der Waals surface area contributed by atoms with Crippen LogP contribution >= 0.6 is 11.6 Å². The Labute approximate surface area is 165 Å². The molecule has 0 aliphatic rings. The number of hydrogen-bond donors (Lipinski definition) is 2. The first-order valence-corrected chi connectivity index (χ1v) is 10.8. The van der Waals surface area contributed by atoms with Crippen LogP contribution in [-0.2, 0) is 30.4 Å². The smallest absolute Gasteiger partial charge is 0.408 e. The molecule has 9 heteroatoms. The third-order valence-corrected chi connectivity index (χ3v) is 5.56. The molecule has 1 aromatic carbocycles. The fourth-order valence-corrected chi connectivity index (χ4v) is 3.70. The van der Waals surface area contributed by atoms with E-state index in [1.165, 1.54) is 7.11 Å². The van der Waals surface area contributed by atoms with E-state index >= 15 is 0 Å². The van der Waals surface area contributed by atoms with Crippen LogP contribution in [0.1, 0.15) is 32.8 Å². The first kappa shape index (κ1) is 23.2. The van der Waals surface area contributed by atoms with Gasteiger partial charge in [0.25, 0.3) is 0 Å². The molecule has 0 aliphatic heterocycles. The molecule has 0 spiro atoms. The number of alkyl carbamates (subject to hydrolysis) is 1. The molecular formula is C18H27ClN2O5S. The van der Waals surface area contributed by atoms with Gasteiger partial charge in [-0.25, -0.2) is 13.8 Å². The summed E-state index contributed by atoms with van der Waals surface area (Å²) in [6, 6.07) is 6.09. The van der Waals surface area contributed by atoms with Gasteiger partial charge in [-0.3, -0.25) is 4.78 Å². The second-order valence-electron chi connectivity index (χ2n) is 7.11. The summed E-state index contributed by atoms with van der Waals surface area (Å²) >= 11 is 5.83. The van der Waals surface area contributed by atoms with Crippen LogP contribution in [0.2, 0.25) is 5.02 Å². The largest absolute Gasteiger partial charge is 0.467 e. The molecule has 2 N–H and O–H groups in total. The first-order valence-electron chi connectivity index (χ1n) is 8.48. The molecule has 0 radical (unpaired) electrons. The van der Waals surface area contributed by atoms with Crippen molar-refractivity contribution >= 4 is 33.4 Å². The van der Waals surface area contributed by atoms with Crippen molar-refractivity contribution in [2.24, 2.45) is 0 Å². The number of carbonyl (C=O) groups is 2. The van der Waals surface area contributed by atoms with E-state index in [2.05, 4.69) is 10.1 Å². The van der Waals surface area contributed by atoms with E-state index in [1.54, 1.807) is 32.9 Å². The van der Waals surface area contributed by atoms with Crippen molar-refractivity contribution in [1.29, 1.82) is 4.78 Å². The van der Waals surface area contributed by atoms with E-state index in [1.807, 2.05) is 12.1 Å². The fraction of sp³-hybridized carbons (Fsp3) is 0.556. The van der Waals surface area contributed by atoms with E-state index in [4.69, 9.17) is 21.1 Å². The molecule has 1 aromatic rings. The van der Waals surface area contributed by atoms with Crippen molar-refractivity contribution in [2.75, 3.05) is 18.6 Å². The lowest BCUT2D eigenvalue weighted by Crippen LogP contribution is -2.44. The number of esters is 1. The molecule has 0 saturated heterocycles. The molecule has 0 saturated carbocycles. The Morgan fingerprint density at radius 2 is 1.81 bits per heavy atom. The minimum atomic E-state index is -2.93. The van der Waals surface area contributed by atoms with Gasteiger partial charge in [-0.05, 0) is 51.3 Å². The molecule has 1 rings (SSSR count). The van der Waals surface area contributed by atoms with Crippen molar-refractivity contribution in [3.05, 3.63) is 34.9 Å². The van der Waals surface area contributed by atoms with Crippen molar-refractivity contribution < 1.29 is 23.3 Å². The summed E-state index contributed by atoms with van der Waals surface area (Å²) in [5.41, 5.74) is 0.211. The normalized spacial score (nSPS) is 14.7. The topological polar surface area (TPSA) is 106 Å². The average molecular weight is 419 g/mol. The van der Waals surface area contributed by atoms with Gasteiger partial charge in [-0.1, -0.05) is 23.7 Å². The number of benzene rings is 1. The maximum absolute atomic E-state index is 12.5. The van der Waals surface area contributed by atoms with E-state index in [0.29, 0.717) is 11.4 Å². The maximum Gasteiger partial charge on any atom is 0.408 e. The minimum absolute atomic E-state index is 0.0227. The minimum Gasteiger partial charge on any atom is -0.467 e. The van der Waals surface area contributed by atoms with Crippen LogP contribution in [-0.4, -0.2) is 46.5 Å². The van der Waals surface area contributed by atoms with Gasteiger partial charge in [-0.15, -0.1) is 0 Å². The molecule has 0 aromatic heterocycles. The monoisotopic (exact) mass is 418 g/mol. The van der Waals surface area contributed by atoms with Crippen molar-refractivity contribution in [3.8, 4) is 0 Å². The predicted molar refractivity (Wildman–Crippen MR) is 106 cm³/mol. The zero-order valence-electron chi connectivity index (χ0n) is 16.0. The van der Waals surface area contributed by atoms with Gasteiger partial charge in [0, 0.05) is 26.3 Å². The molecule has 1 amide bonds. The van der Waals surface area contributed by atoms with Crippen molar-refractivity contribution in [2.45, 2.75) is 45.3 Å². The highest BCUT2D eigenvalue weighted by Gasteiger charge is 2.26. The molecule has 1 unspecified atom stereocenters. The zero-order valence-corrected chi connectivity index (χ0v) is 17.6. The Morgan fingerprint density at radius 3 is 2.33 bits per heavy atom. The number of carbonyl (C=O) groups excluding carboxylic acids is 2. The second-order valence-corrected chi connectivity index (χ2v) is 9.98. The molecule has 0 bridgehead atoms. The summed E-state index contributed by atoms with van der Waals surface area (Å²) in [4.78, 5) is 23.8. The molecular weight excluding hydrogens is 392 g/mol. The van der Waals surface area contributed by atoms with Crippen LogP contribution in [0.4, 0.5) is 4.79 Å². The number of hydrogen-bond acceptors (Lipinski definition) is 6. The van der Waals surface area contributed by atoms with E-state index in [9.17, 15) is 13.8 Å². The van der Waals surface area contributed by atoms with Crippen LogP contribution in [0.15, 0.2) is 24.3 Å². The van der Waals surface area contributed by atoms with Crippen LogP contribution < -0.4 is 5.32 Å². The number of ether oxygens (including phenoxy) is 2. The van der Waals surface area contributed by atoms with E-state index < -0.39 is 33.4 Å². The lowest BCUT2D eigenvalue weighted by Gasteiger charge is -2.22. The number of aryl methyl sites for hydroxylation is 1. The van der Waals surface area contributed by atoms with Crippen molar-refractivity contribution in [3.63, 3.8) is 0 Å². The standard InChI is InChI=1S/C18H27ClN2O5S/c1-18(2,3)26-17(23)21-15(16(22)25-4)10-12-27(20,24)11-9-13-5-7-14(19)8-6-13/h5-8,15,20H,9-12H2,1-4H3,(H,21,23)/t15-,27?/m0/s1. The number of amides is 1. The fourth-order valence-electron chi connectivity index (χ4n) is 2.19. The quantitative estimate of drug-likeness (QED) is 0.629. The molecule has 0 aliphatic carbocycles. The Hall–Kier alpha value is -1.80. The van der Waals surface area contributed by atoms with E-state index in [0.717, 1.165) is 5.56 Å². The Bertz CT molecular complexity index is 742. The predicted octanol–water partition coefficient (Wildman–Crippen LogP) is 3.39. The highest BCUT2D eigenvalue weighted by molar-refractivity contribution is 7.92. The zero-order chi connectivity index (χ0) is 20.7. The summed E-state index contributed by atoms with van der Waals surface area (Å²) in [5, 5.41) is 3.03. The average Bonchev–Trinajstić information content (AvgIpc) is 2.56. The van der Waals surface area contributed by atoms with Gasteiger partial charge in [-0.2, -0.15) is 0 Å². The molecule has 0 heterocycles. The Kier molecular flexibility index (Phi) is 8.56. The third kappa shape index (κ3) is 9.63. The molecule has 27 heavy (non-hydrogen) atoms. The van der Waals surface area contributed by atoms with Crippen LogP contribution in [0.3, 0.4) is 0 Å². The summed E-state index contributed by atoms with van der Waals surface area (Å²) in [6.45, 7) is 5.10.